The minimum absolute atomic E-state index is 0.745. The number of hydrogen-bond donors (Lipinski definition) is 0. The van der Waals surface area contributed by atoms with Crippen LogP contribution in [0.2, 0.25) is 5.02 Å². The van der Waals surface area contributed by atoms with Crippen molar-refractivity contribution < 1.29 is 0 Å². The Kier molecular flexibility index (Phi) is 2.56. The van der Waals surface area contributed by atoms with Gasteiger partial charge in [0.15, 0.2) is 0 Å². The lowest BCUT2D eigenvalue weighted by Gasteiger charge is -2.40. The van der Waals surface area contributed by atoms with Gasteiger partial charge < -0.3 is 4.90 Å². The van der Waals surface area contributed by atoms with Crippen LogP contribution in [-0.4, -0.2) is 37.1 Å². The van der Waals surface area contributed by atoms with E-state index in [9.17, 15) is 0 Å². The number of rotatable bonds is 1. The molecule has 1 aromatic carbocycles. The number of halogens is 1. The maximum absolute atomic E-state index is 5.92. The second-order valence-corrected chi connectivity index (χ2v) is 5.37. The van der Waals surface area contributed by atoms with E-state index in [1.165, 1.54) is 18.5 Å². The van der Waals surface area contributed by atoms with Crippen molar-refractivity contribution in [2.45, 2.75) is 24.9 Å². The highest BCUT2D eigenvalue weighted by molar-refractivity contribution is 6.30. The van der Waals surface area contributed by atoms with E-state index in [1.807, 2.05) is 12.1 Å². The summed E-state index contributed by atoms with van der Waals surface area (Å²) in [5, 5.41) is 0.820. The molecular weight excluding hydrogens is 220 g/mol. The van der Waals surface area contributed by atoms with Crippen LogP contribution in [0.4, 0.5) is 5.69 Å². The maximum Gasteiger partial charge on any atom is 0.0407 e. The molecule has 2 nitrogen and oxygen atoms in total. The van der Waals surface area contributed by atoms with Crippen LogP contribution in [0.3, 0.4) is 0 Å². The quantitative estimate of drug-likeness (QED) is 0.740. The van der Waals surface area contributed by atoms with Crippen molar-refractivity contribution in [2.75, 3.05) is 25.0 Å². The van der Waals surface area contributed by atoms with E-state index < -0.39 is 0 Å². The van der Waals surface area contributed by atoms with Crippen LogP contribution in [-0.2, 0) is 0 Å². The molecule has 0 aromatic heterocycles. The lowest BCUT2D eigenvalue weighted by Crippen LogP contribution is -2.51. The standard InChI is InChI=1S/C13H17ClN2/c1-15-12-6-7-13(15)9-16(8-12)11-4-2-10(14)3-5-11/h2-5,12-13H,6-9H2,1H3. The average Bonchev–Trinajstić information content (AvgIpc) is 2.54. The van der Waals surface area contributed by atoms with Gasteiger partial charge in [-0.15, -0.1) is 0 Å². The third-order valence-electron chi connectivity index (χ3n) is 4.04. The first-order chi connectivity index (χ1) is 7.74. The van der Waals surface area contributed by atoms with Crippen molar-refractivity contribution in [3.8, 4) is 0 Å². The Balaban J connectivity index is 1.80. The lowest BCUT2D eigenvalue weighted by molar-refractivity contribution is 0.212. The molecule has 0 aliphatic carbocycles. The molecule has 0 spiro atoms. The lowest BCUT2D eigenvalue weighted by atomic mass is 10.2. The summed E-state index contributed by atoms with van der Waals surface area (Å²) in [6.07, 6.45) is 2.70. The fraction of sp³-hybridized carbons (Fsp3) is 0.538. The van der Waals surface area contributed by atoms with Gasteiger partial charge >= 0.3 is 0 Å². The number of fused-ring (bicyclic) bond motifs is 2. The molecule has 2 atom stereocenters. The zero-order valence-electron chi connectivity index (χ0n) is 9.56. The Labute approximate surface area is 102 Å². The number of nitrogens with zero attached hydrogens (tertiary/aromatic N) is 2. The molecule has 2 aliphatic rings. The van der Waals surface area contributed by atoms with Crippen LogP contribution in [0.1, 0.15) is 12.8 Å². The number of piperazine rings is 1. The summed E-state index contributed by atoms with van der Waals surface area (Å²) >= 11 is 5.92. The van der Waals surface area contributed by atoms with Crippen LogP contribution in [0, 0.1) is 0 Å². The summed E-state index contributed by atoms with van der Waals surface area (Å²) in [6.45, 7) is 2.32. The van der Waals surface area contributed by atoms with Gasteiger partial charge in [0.25, 0.3) is 0 Å². The summed E-state index contributed by atoms with van der Waals surface area (Å²) in [4.78, 5) is 5.05. The minimum Gasteiger partial charge on any atom is -0.368 e. The van der Waals surface area contributed by atoms with Crippen molar-refractivity contribution in [3.05, 3.63) is 29.3 Å². The second-order valence-electron chi connectivity index (χ2n) is 4.93. The smallest absolute Gasteiger partial charge is 0.0407 e. The highest BCUT2D eigenvalue weighted by atomic mass is 35.5. The van der Waals surface area contributed by atoms with Crippen LogP contribution in [0.25, 0.3) is 0 Å². The van der Waals surface area contributed by atoms with Gasteiger partial charge in [-0.1, -0.05) is 11.6 Å². The van der Waals surface area contributed by atoms with Crippen LogP contribution >= 0.6 is 11.6 Å². The molecule has 86 valence electrons. The summed E-state index contributed by atoms with van der Waals surface area (Å²) in [5.74, 6) is 0. The largest absolute Gasteiger partial charge is 0.368 e. The molecule has 3 rings (SSSR count). The molecule has 2 saturated heterocycles. The first-order valence-corrected chi connectivity index (χ1v) is 6.34. The van der Waals surface area contributed by atoms with Gasteiger partial charge in [-0.25, -0.2) is 0 Å². The summed E-state index contributed by atoms with van der Waals surface area (Å²) in [7, 11) is 2.27. The fourth-order valence-corrected chi connectivity index (χ4v) is 3.10. The zero-order valence-corrected chi connectivity index (χ0v) is 10.3. The Morgan fingerprint density at radius 1 is 1.06 bits per heavy atom. The summed E-state index contributed by atoms with van der Waals surface area (Å²) in [6, 6.07) is 9.72. The third kappa shape index (κ3) is 1.70. The molecule has 2 aliphatic heterocycles. The van der Waals surface area contributed by atoms with E-state index >= 15 is 0 Å². The monoisotopic (exact) mass is 236 g/mol. The first-order valence-electron chi connectivity index (χ1n) is 5.96. The topological polar surface area (TPSA) is 6.48 Å². The van der Waals surface area contributed by atoms with Crippen molar-refractivity contribution in [2.24, 2.45) is 0 Å². The Morgan fingerprint density at radius 3 is 2.19 bits per heavy atom. The molecule has 0 amide bonds. The van der Waals surface area contributed by atoms with Crippen molar-refractivity contribution in [1.82, 2.24) is 4.90 Å². The molecule has 16 heavy (non-hydrogen) atoms. The maximum atomic E-state index is 5.92. The molecule has 3 heteroatoms. The van der Waals surface area contributed by atoms with Gasteiger partial charge in [0.05, 0.1) is 0 Å². The molecule has 1 aromatic rings. The first kappa shape index (κ1) is 10.4. The van der Waals surface area contributed by atoms with Crippen LogP contribution in [0.15, 0.2) is 24.3 Å². The molecule has 0 saturated carbocycles. The molecule has 2 heterocycles. The molecule has 2 unspecified atom stereocenters. The average molecular weight is 237 g/mol. The normalized spacial score (nSPS) is 29.8. The highest BCUT2D eigenvalue weighted by Gasteiger charge is 2.37. The summed E-state index contributed by atoms with van der Waals surface area (Å²) < 4.78 is 0. The number of benzene rings is 1. The summed E-state index contributed by atoms with van der Waals surface area (Å²) in [5.41, 5.74) is 1.31. The van der Waals surface area contributed by atoms with E-state index in [1.54, 1.807) is 0 Å². The van der Waals surface area contributed by atoms with Gasteiger partial charge in [0.1, 0.15) is 0 Å². The van der Waals surface area contributed by atoms with Crippen molar-refractivity contribution in [3.63, 3.8) is 0 Å². The Bertz CT molecular complexity index is 362. The molecule has 2 bridgehead atoms. The van der Waals surface area contributed by atoms with E-state index in [0.717, 1.165) is 30.2 Å². The van der Waals surface area contributed by atoms with E-state index in [0.29, 0.717) is 0 Å². The zero-order chi connectivity index (χ0) is 11.1. The SMILES string of the molecule is CN1C2CCC1CN(c1ccc(Cl)cc1)C2. The minimum atomic E-state index is 0.745. The van der Waals surface area contributed by atoms with Gasteiger partial charge in [-0.3, -0.25) is 4.90 Å². The van der Waals surface area contributed by atoms with Gasteiger partial charge in [0, 0.05) is 35.9 Å². The van der Waals surface area contributed by atoms with Gasteiger partial charge in [-0.05, 0) is 44.2 Å². The number of anilines is 1. The third-order valence-corrected chi connectivity index (χ3v) is 4.29. The molecule has 0 N–H and O–H groups in total. The van der Waals surface area contributed by atoms with Crippen molar-refractivity contribution >= 4 is 17.3 Å². The second kappa shape index (κ2) is 3.94. The molecular formula is C13H17ClN2. The van der Waals surface area contributed by atoms with Crippen molar-refractivity contribution in [1.29, 1.82) is 0 Å². The predicted molar refractivity (Wildman–Crippen MR) is 68.2 cm³/mol. The fourth-order valence-electron chi connectivity index (χ4n) is 2.98. The van der Waals surface area contributed by atoms with Gasteiger partial charge in [-0.2, -0.15) is 0 Å². The Hall–Kier alpha value is -0.730. The molecule has 2 fully saturated rings. The molecule has 0 radical (unpaired) electrons. The number of hydrogen-bond acceptors (Lipinski definition) is 2. The van der Waals surface area contributed by atoms with Gasteiger partial charge in [0.2, 0.25) is 0 Å². The predicted octanol–water partition coefficient (Wildman–Crippen LogP) is 2.62. The Morgan fingerprint density at radius 2 is 1.62 bits per heavy atom. The van der Waals surface area contributed by atoms with E-state index in [4.69, 9.17) is 11.6 Å². The van der Waals surface area contributed by atoms with E-state index in [2.05, 4.69) is 29.0 Å². The van der Waals surface area contributed by atoms with Crippen LogP contribution in [0.5, 0.6) is 0 Å². The number of likely N-dealkylation sites (N-methyl/N-ethyl adjacent to an activating group) is 1. The highest BCUT2D eigenvalue weighted by Crippen LogP contribution is 2.31. The van der Waals surface area contributed by atoms with E-state index in [-0.39, 0.29) is 0 Å². The van der Waals surface area contributed by atoms with Crippen LogP contribution < -0.4 is 4.90 Å².